The monoisotopic (exact) mass is 293 g/mol. The first-order chi connectivity index (χ1) is 8.10. The number of primary sulfonamides is 1. The van der Waals surface area contributed by atoms with E-state index in [4.69, 9.17) is 5.14 Å². The maximum absolute atomic E-state index is 11.5. The number of hydrogen-bond acceptors (Lipinski definition) is 4. The molecule has 0 bridgehead atoms. The number of anilines is 1. The zero-order valence-electron chi connectivity index (χ0n) is 9.91. The molecule has 9 heteroatoms. The summed E-state index contributed by atoms with van der Waals surface area (Å²) in [7, 11) is -7.44. The largest absolute Gasteiger partial charge is 0.299 e. The summed E-state index contributed by atoms with van der Waals surface area (Å²) in [4.78, 5) is -0.0812. The van der Waals surface area contributed by atoms with Crippen LogP contribution in [0.3, 0.4) is 0 Å². The average molecular weight is 293 g/mol. The molecule has 0 spiro atoms. The van der Waals surface area contributed by atoms with Gasteiger partial charge in [0.15, 0.2) is 0 Å². The van der Waals surface area contributed by atoms with Gasteiger partial charge in [-0.1, -0.05) is 0 Å². The molecule has 102 valence electrons. The van der Waals surface area contributed by atoms with E-state index in [0.717, 1.165) is 0 Å². The van der Waals surface area contributed by atoms with E-state index in [1.165, 1.54) is 24.3 Å². The highest BCUT2D eigenvalue weighted by Crippen LogP contribution is 2.13. The van der Waals surface area contributed by atoms with Gasteiger partial charge in [-0.2, -0.15) is 13.1 Å². The van der Waals surface area contributed by atoms with Crippen molar-refractivity contribution in [3.8, 4) is 0 Å². The van der Waals surface area contributed by atoms with Crippen molar-refractivity contribution < 1.29 is 16.8 Å². The lowest BCUT2D eigenvalue weighted by atomic mass is 10.3. The lowest BCUT2D eigenvalue weighted by Crippen LogP contribution is -2.35. The van der Waals surface area contributed by atoms with E-state index in [9.17, 15) is 16.8 Å². The molecule has 0 fully saturated rings. The Morgan fingerprint density at radius 2 is 1.56 bits per heavy atom. The molecule has 0 aromatic heterocycles. The predicted octanol–water partition coefficient (Wildman–Crippen LogP) is -0.0113. The molecular weight excluding hydrogens is 278 g/mol. The number of sulfonamides is 1. The summed E-state index contributed by atoms with van der Waals surface area (Å²) in [6.07, 6.45) is 0. The second-order valence-corrected chi connectivity index (χ2v) is 6.96. The molecule has 0 aliphatic rings. The average Bonchev–Trinajstić information content (AvgIpc) is 2.13. The Morgan fingerprint density at radius 3 is 1.94 bits per heavy atom. The molecule has 0 saturated heterocycles. The zero-order valence-corrected chi connectivity index (χ0v) is 11.5. The van der Waals surface area contributed by atoms with Crippen LogP contribution in [0.15, 0.2) is 29.2 Å². The van der Waals surface area contributed by atoms with E-state index < -0.39 is 20.2 Å². The Kier molecular flexibility index (Phi) is 4.32. The molecule has 0 atom stereocenters. The molecule has 1 rings (SSSR count). The smallest absolute Gasteiger partial charge is 0.271 e. The van der Waals surface area contributed by atoms with Gasteiger partial charge in [0.05, 0.1) is 4.90 Å². The SMILES string of the molecule is CC(C)NS(=O)(=O)Nc1ccc(S(N)(=O)=O)cc1. The molecule has 18 heavy (non-hydrogen) atoms. The number of nitrogens with two attached hydrogens (primary N) is 1. The molecule has 0 aliphatic carbocycles. The molecule has 0 heterocycles. The van der Waals surface area contributed by atoms with Gasteiger partial charge in [-0.05, 0) is 38.1 Å². The highest BCUT2D eigenvalue weighted by Gasteiger charge is 2.12. The van der Waals surface area contributed by atoms with E-state index in [1.807, 2.05) is 0 Å². The lowest BCUT2D eigenvalue weighted by Gasteiger charge is -2.11. The third kappa shape index (κ3) is 4.61. The molecular formula is C9H15N3O4S2. The molecule has 0 unspecified atom stereocenters. The van der Waals surface area contributed by atoms with Crippen molar-refractivity contribution in [2.24, 2.45) is 5.14 Å². The van der Waals surface area contributed by atoms with E-state index >= 15 is 0 Å². The Bertz CT molecular complexity index is 606. The van der Waals surface area contributed by atoms with Crippen LogP contribution in [0.5, 0.6) is 0 Å². The maximum Gasteiger partial charge on any atom is 0.299 e. The summed E-state index contributed by atoms with van der Waals surface area (Å²) < 4.78 is 49.6. The van der Waals surface area contributed by atoms with E-state index in [0.29, 0.717) is 0 Å². The van der Waals surface area contributed by atoms with Crippen LogP contribution in [0.4, 0.5) is 5.69 Å². The minimum atomic E-state index is -3.78. The number of benzene rings is 1. The summed E-state index contributed by atoms with van der Waals surface area (Å²) in [5, 5.41) is 4.92. The minimum Gasteiger partial charge on any atom is -0.271 e. The quantitative estimate of drug-likeness (QED) is 0.707. The first-order valence-electron chi connectivity index (χ1n) is 5.03. The van der Waals surface area contributed by atoms with Gasteiger partial charge in [-0.3, -0.25) is 4.72 Å². The number of nitrogens with one attached hydrogen (secondary N) is 2. The fourth-order valence-electron chi connectivity index (χ4n) is 1.21. The van der Waals surface area contributed by atoms with Gasteiger partial charge in [0, 0.05) is 11.7 Å². The third-order valence-corrected chi connectivity index (χ3v) is 4.04. The first kappa shape index (κ1) is 14.9. The topological polar surface area (TPSA) is 118 Å². The summed E-state index contributed by atoms with van der Waals surface area (Å²) >= 11 is 0. The van der Waals surface area contributed by atoms with Gasteiger partial charge >= 0.3 is 0 Å². The summed E-state index contributed by atoms with van der Waals surface area (Å²) in [6, 6.07) is 4.84. The molecule has 1 aromatic carbocycles. The molecule has 4 N–H and O–H groups in total. The van der Waals surface area contributed by atoms with Crippen LogP contribution in [0.2, 0.25) is 0 Å². The molecule has 0 aliphatic heterocycles. The fraction of sp³-hybridized carbons (Fsp3) is 0.333. The van der Waals surface area contributed by atoms with E-state index in [2.05, 4.69) is 9.44 Å². The number of hydrogen-bond donors (Lipinski definition) is 3. The van der Waals surface area contributed by atoms with Crippen molar-refractivity contribution in [3.63, 3.8) is 0 Å². The van der Waals surface area contributed by atoms with Crippen molar-refractivity contribution in [2.45, 2.75) is 24.8 Å². The normalized spacial score (nSPS) is 12.7. The van der Waals surface area contributed by atoms with Crippen LogP contribution >= 0.6 is 0 Å². The second kappa shape index (κ2) is 5.22. The Balaban J connectivity index is 2.88. The first-order valence-corrected chi connectivity index (χ1v) is 8.06. The van der Waals surface area contributed by atoms with Gasteiger partial charge in [0.1, 0.15) is 0 Å². The highest BCUT2D eigenvalue weighted by molar-refractivity contribution is 7.90. The minimum absolute atomic E-state index is 0.0812. The molecule has 1 aromatic rings. The van der Waals surface area contributed by atoms with Gasteiger partial charge in [-0.15, -0.1) is 0 Å². The van der Waals surface area contributed by atoms with Crippen LogP contribution in [-0.4, -0.2) is 22.9 Å². The van der Waals surface area contributed by atoms with Crippen LogP contribution < -0.4 is 14.6 Å². The van der Waals surface area contributed by atoms with E-state index in [-0.39, 0.29) is 16.6 Å². The summed E-state index contributed by atoms with van der Waals surface area (Å²) in [5.41, 5.74) is 0.246. The second-order valence-electron chi connectivity index (χ2n) is 3.95. The number of rotatable bonds is 5. The van der Waals surface area contributed by atoms with Gasteiger partial charge in [0.2, 0.25) is 10.0 Å². The van der Waals surface area contributed by atoms with Crippen LogP contribution in [-0.2, 0) is 20.2 Å². The Labute approximate surface area is 107 Å². The van der Waals surface area contributed by atoms with Crippen molar-refractivity contribution in [1.29, 1.82) is 0 Å². The standard InChI is InChI=1S/C9H15N3O4S2/c1-7(2)11-18(15,16)12-8-3-5-9(6-4-8)17(10,13)14/h3-7,11-12H,1-2H3,(H2,10,13,14). The predicted molar refractivity (Wildman–Crippen MR) is 68.6 cm³/mol. The van der Waals surface area contributed by atoms with Gasteiger partial charge in [0.25, 0.3) is 10.2 Å². The fourth-order valence-corrected chi connectivity index (χ4v) is 2.85. The maximum atomic E-state index is 11.5. The van der Waals surface area contributed by atoms with Crippen molar-refractivity contribution in [2.75, 3.05) is 4.72 Å². The van der Waals surface area contributed by atoms with Crippen LogP contribution in [0.1, 0.15) is 13.8 Å². The van der Waals surface area contributed by atoms with Crippen LogP contribution in [0, 0.1) is 0 Å². The zero-order chi connectivity index (χ0) is 14.0. The summed E-state index contributed by atoms with van der Waals surface area (Å²) in [5.74, 6) is 0. The molecule has 0 amide bonds. The van der Waals surface area contributed by atoms with Crippen molar-refractivity contribution in [1.82, 2.24) is 4.72 Å². The van der Waals surface area contributed by atoms with E-state index in [1.54, 1.807) is 13.8 Å². The molecule has 7 nitrogen and oxygen atoms in total. The Hall–Kier alpha value is -1.16. The highest BCUT2D eigenvalue weighted by atomic mass is 32.2. The van der Waals surface area contributed by atoms with Crippen molar-refractivity contribution >= 4 is 25.9 Å². The van der Waals surface area contributed by atoms with Gasteiger partial charge < -0.3 is 0 Å². The molecule has 0 radical (unpaired) electrons. The molecule has 0 saturated carbocycles. The van der Waals surface area contributed by atoms with Crippen LogP contribution in [0.25, 0.3) is 0 Å². The lowest BCUT2D eigenvalue weighted by molar-refractivity contribution is 0.575. The summed E-state index contributed by atoms with van der Waals surface area (Å²) in [6.45, 7) is 3.37. The van der Waals surface area contributed by atoms with Crippen molar-refractivity contribution in [3.05, 3.63) is 24.3 Å². The van der Waals surface area contributed by atoms with Gasteiger partial charge in [-0.25, -0.2) is 13.6 Å². The third-order valence-electron chi connectivity index (χ3n) is 1.83. The Morgan fingerprint density at radius 1 is 1.06 bits per heavy atom.